The molecule has 244 valence electrons. The van der Waals surface area contributed by atoms with Crippen LogP contribution in [0.15, 0.2) is 49.2 Å². The Morgan fingerprint density at radius 1 is 1.09 bits per heavy atom. The van der Waals surface area contributed by atoms with E-state index in [-0.39, 0.29) is 17.9 Å². The van der Waals surface area contributed by atoms with Gasteiger partial charge in [0, 0.05) is 25.2 Å². The second-order valence-electron chi connectivity index (χ2n) is 11.8. The van der Waals surface area contributed by atoms with Crippen molar-refractivity contribution in [1.29, 1.82) is 0 Å². The molecular weight excluding hydrogens is 574 g/mol. The first kappa shape index (κ1) is 35.4. The smallest absolute Gasteiger partial charge is 0.312 e. The summed E-state index contributed by atoms with van der Waals surface area (Å²) in [6.07, 6.45) is 6.58. The topological polar surface area (TPSA) is 139 Å². The van der Waals surface area contributed by atoms with Gasteiger partial charge in [-0.25, -0.2) is 5.43 Å². The van der Waals surface area contributed by atoms with Crippen molar-refractivity contribution >= 4 is 40.5 Å². The van der Waals surface area contributed by atoms with E-state index in [1.54, 1.807) is 52.1 Å². The summed E-state index contributed by atoms with van der Waals surface area (Å²) in [6.45, 7) is 14.6. The van der Waals surface area contributed by atoms with Crippen LogP contribution in [0.1, 0.15) is 71.7 Å². The Kier molecular flexibility index (Phi) is 12.8. The largest absolute Gasteiger partial charge is 0.452 e. The molecular formula is C34H47N5O6. The fraction of sp³-hybridized carbons (Fsp3) is 0.500. The highest BCUT2D eigenvalue weighted by molar-refractivity contribution is 5.91. The maximum absolute atomic E-state index is 13.3. The first-order chi connectivity index (χ1) is 21.4. The van der Waals surface area contributed by atoms with Crippen molar-refractivity contribution in [3.63, 3.8) is 0 Å². The Bertz CT molecular complexity index is 1410. The zero-order valence-corrected chi connectivity index (χ0v) is 27.3. The first-order valence-corrected chi connectivity index (χ1v) is 15.5. The van der Waals surface area contributed by atoms with Crippen molar-refractivity contribution in [2.24, 2.45) is 11.8 Å². The van der Waals surface area contributed by atoms with E-state index in [0.717, 1.165) is 22.0 Å². The number of nitrogens with one attached hydrogen (secondary N) is 3. The van der Waals surface area contributed by atoms with E-state index in [0.29, 0.717) is 19.4 Å². The number of ether oxygens (including phenoxy) is 2. The predicted molar refractivity (Wildman–Crippen MR) is 173 cm³/mol. The molecule has 2 aromatic rings. The number of rotatable bonds is 13. The molecule has 1 saturated heterocycles. The number of fused-ring (bicyclic) bond motifs is 1. The van der Waals surface area contributed by atoms with E-state index in [1.165, 1.54) is 12.1 Å². The van der Waals surface area contributed by atoms with Gasteiger partial charge in [0.25, 0.3) is 11.8 Å². The van der Waals surface area contributed by atoms with E-state index in [2.05, 4.69) is 27.6 Å². The average Bonchev–Trinajstić information content (AvgIpc) is 3.04. The summed E-state index contributed by atoms with van der Waals surface area (Å²) in [6, 6.07) is 6.06. The van der Waals surface area contributed by atoms with Crippen molar-refractivity contribution in [3.05, 3.63) is 60.5 Å². The van der Waals surface area contributed by atoms with Gasteiger partial charge in [-0.3, -0.25) is 29.2 Å². The van der Waals surface area contributed by atoms with Gasteiger partial charge in [0.2, 0.25) is 5.91 Å². The summed E-state index contributed by atoms with van der Waals surface area (Å²) in [5.41, 5.74) is 4.74. The van der Waals surface area contributed by atoms with E-state index in [1.807, 2.05) is 38.1 Å². The van der Waals surface area contributed by atoms with Crippen LogP contribution in [0.25, 0.3) is 16.8 Å². The number of nitrogens with zero attached hydrogens (tertiary/aromatic N) is 2. The van der Waals surface area contributed by atoms with Crippen molar-refractivity contribution in [1.82, 2.24) is 26.1 Å². The van der Waals surface area contributed by atoms with E-state index >= 15 is 0 Å². The minimum absolute atomic E-state index is 0.230. The highest BCUT2D eigenvalue weighted by Crippen LogP contribution is 2.22. The lowest BCUT2D eigenvalue weighted by atomic mass is 10.0. The average molecular weight is 622 g/mol. The molecule has 1 aliphatic rings. The Morgan fingerprint density at radius 3 is 2.47 bits per heavy atom. The lowest BCUT2D eigenvalue weighted by molar-refractivity contribution is -0.165. The minimum Gasteiger partial charge on any atom is -0.452 e. The van der Waals surface area contributed by atoms with Crippen LogP contribution in [0.5, 0.6) is 0 Å². The fourth-order valence-corrected chi connectivity index (χ4v) is 5.18. The number of carbonyl (C=O) groups excluding carboxylic acids is 4. The normalized spacial score (nSPS) is 18.6. The van der Waals surface area contributed by atoms with Gasteiger partial charge in [-0.1, -0.05) is 44.7 Å². The van der Waals surface area contributed by atoms with Crippen LogP contribution >= 0.6 is 0 Å². The monoisotopic (exact) mass is 621 g/mol. The Balaban J connectivity index is 1.59. The van der Waals surface area contributed by atoms with E-state index in [9.17, 15) is 19.2 Å². The molecule has 6 atom stereocenters. The molecule has 11 heteroatoms. The Labute approximate surface area is 265 Å². The molecule has 1 fully saturated rings. The number of allylic oxidation sites excluding steroid dienone is 1. The number of pyridine rings is 1. The zero-order chi connectivity index (χ0) is 33.3. The maximum atomic E-state index is 13.3. The summed E-state index contributed by atoms with van der Waals surface area (Å²) < 4.78 is 10.9. The SMILES string of the molecule is C=Cc1cc2cc(C(C)NC(=O)C3CCCN(C(=O)C(C)NC(=O)C(OC(=O)C(C)C(C=CC)OC)C(C)C)N3)ccc2cn1. The number of amides is 3. The molecule has 3 N–H and O–H groups in total. The van der Waals surface area contributed by atoms with Crippen molar-refractivity contribution in [2.45, 2.75) is 84.7 Å². The molecule has 1 aromatic heterocycles. The Hall–Kier alpha value is -4.09. The van der Waals surface area contributed by atoms with Crippen LogP contribution in [0.2, 0.25) is 0 Å². The molecule has 11 nitrogen and oxygen atoms in total. The zero-order valence-electron chi connectivity index (χ0n) is 27.3. The lowest BCUT2D eigenvalue weighted by Gasteiger charge is -2.35. The van der Waals surface area contributed by atoms with E-state index in [4.69, 9.17) is 9.47 Å². The number of hydrogen-bond acceptors (Lipinski definition) is 8. The molecule has 0 aliphatic carbocycles. The quantitative estimate of drug-likeness (QED) is 0.227. The van der Waals surface area contributed by atoms with Crippen LogP contribution in [-0.4, -0.2) is 71.6 Å². The van der Waals surface area contributed by atoms with Gasteiger partial charge in [0.1, 0.15) is 12.1 Å². The number of methoxy groups -OCH3 is 1. The highest BCUT2D eigenvalue weighted by Gasteiger charge is 2.35. The van der Waals surface area contributed by atoms with Crippen molar-refractivity contribution in [2.75, 3.05) is 13.7 Å². The predicted octanol–water partition coefficient (Wildman–Crippen LogP) is 3.85. The second kappa shape index (κ2) is 16.3. The second-order valence-corrected chi connectivity index (χ2v) is 11.8. The van der Waals surface area contributed by atoms with Crippen LogP contribution in [0, 0.1) is 11.8 Å². The minimum atomic E-state index is -1.10. The third kappa shape index (κ3) is 9.21. The molecule has 0 bridgehead atoms. The summed E-state index contributed by atoms with van der Waals surface area (Å²) in [5, 5.41) is 9.10. The standard InChI is InChI=1S/C34H47N5O6/c1-9-12-29(44-8)21(5)34(43)45-30(20(3)4)32(41)37-23(7)33(42)39-16-11-13-28(38-39)31(40)36-22(6)24-14-15-25-19-35-27(10-2)18-26(25)17-24/h9-10,12,14-15,17-23,28-30,38H,2,11,13,16H2,1,3-8H3,(H,36,40)(H,37,41). The molecule has 3 rings (SSSR count). The first-order valence-electron chi connectivity index (χ1n) is 15.5. The molecule has 0 saturated carbocycles. The van der Waals surface area contributed by atoms with Gasteiger partial charge in [-0.15, -0.1) is 0 Å². The number of carbonyl (C=O) groups is 4. The van der Waals surface area contributed by atoms with Crippen LogP contribution in [-0.2, 0) is 28.7 Å². The third-order valence-corrected chi connectivity index (χ3v) is 7.96. The van der Waals surface area contributed by atoms with E-state index < -0.39 is 48.0 Å². The molecule has 0 spiro atoms. The molecule has 1 aliphatic heterocycles. The summed E-state index contributed by atoms with van der Waals surface area (Å²) in [7, 11) is 1.50. The molecule has 0 radical (unpaired) electrons. The van der Waals surface area contributed by atoms with Gasteiger partial charge in [0.05, 0.1) is 23.8 Å². The Morgan fingerprint density at radius 2 is 1.82 bits per heavy atom. The third-order valence-electron chi connectivity index (χ3n) is 7.96. The fourth-order valence-electron chi connectivity index (χ4n) is 5.18. The van der Waals surface area contributed by atoms with Gasteiger partial charge in [-0.2, -0.15) is 0 Å². The maximum Gasteiger partial charge on any atom is 0.312 e. The lowest BCUT2D eigenvalue weighted by Crippen LogP contribution is -2.61. The highest BCUT2D eigenvalue weighted by atomic mass is 16.6. The van der Waals surface area contributed by atoms with Crippen LogP contribution in [0.3, 0.4) is 0 Å². The number of hydrogen-bond donors (Lipinski definition) is 3. The van der Waals surface area contributed by atoms with Crippen molar-refractivity contribution in [3.8, 4) is 0 Å². The number of benzene rings is 1. The molecule has 1 aromatic carbocycles. The van der Waals surface area contributed by atoms with Gasteiger partial charge >= 0.3 is 5.97 Å². The van der Waals surface area contributed by atoms with Crippen molar-refractivity contribution < 1.29 is 28.7 Å². The molecule has 2 heterocycles. The number of hydrazine groups is 1. The molecule has 3 amide bonds. The summed E-state index contributed by atoms with van der Waals surface area (Å²) >= 11 is 0. The van der Waals surface area contributed by atoms with Gasteiger partial charge < -0.3 is 20.1 Å². The molecule has 6 unspecified atom stereocenters. The summed E-state index contributed by atoms with van der Waals surface area (Å²) in [5.74, 6) is -2.74. The van der Waals surface area contributed by atoms with Gasteiger partial charge in [-0.05, 0) is 75.6 Å². The van der Waals surface area contributed by atoms with Gasteiger partial charge in [0.15, 0.2) is 6.10 Å². The number of aromatic nitrogens is 1. The van der Waals surface area contributed by atoms with Crippen LogP contribution in [0.4, 0.5) is 0 Å². The van der Waals surface area contributed by atoms with Crippen LogP contribution < -0.4 is 16.1 Å². The summed E-state index contributed by atoms with van der Waals surface area (Å²) in [4.78, 5) is 56.8. The molecule has 45 heavy (non-hydrogen) atoms. The number of esters is 1.